The number of nitrogens with zero attached hydrogens (tertiary/aromatic N) is 2. The number of benzene rings is 2. The second-order valence-electron chi connectivity index (χ2n) is 9.17. The van der Waals surface area contributed by atoms with Crippen molar-refractivity contribution < 1.29 is 14.3 Å². The molecule has 1 atom stereocenters. The maximum Gasteiger partial charge on any atom is 0.414 e. The number of halogens is 1. The van der Waals surface area contributed by atoms with Crippen LogP contribution < -0.4 is 9.64 Å². The second kappa shape index (κ2) is 8.12. The molecule has 0 bridgehead atoms. The molecule has 0 saturated heterocycles. The summed E-state index contributed by atoms with van der Waals surface area (Å²) in [6.07, 6.45) is 1.74. The average molecular weight is 441 g/mol. The molecule has 0 saturated carbocycles. The highest BCUT2D eigenvalue weighted by molar-refractivity contribution is 6.19. The molecule has 0 aliphatic carbocycles. The van der Waals surface area contributed by atoms with Crippen molar-refractivity contribution in [1.82, 2.24) is 4.57 Å². The van der Waals surface area contributed by atoms with Crippen molar-refractivity contribution in [3.63, 3.8) is 0 Å². The van der Waals surface area contributed by atoms with E-state index in [2.05, 4.69) is 17.7 Å². The van der Waals surface area contributed by atoms with E-state index >= 15 is 0 Å². The molecule has 3 aromatic rings. The third-order valence-electron chi connectivity index (χ3n) is 5.56. The number of amides is 1. The van der Waals surface area contributed by atoms with Crippen molar-refractivity contribution in [3.8, 4) is 5.75 Å². The number of hydrogen-bond acceptors (Lipinski definition) is 3. The number of aromatic nitrogens is 1. The van der Waals surface area contributed by atoms with Crippen LogP contribution in [0, 0.1) is 6.92 Å². The lowest BCUT2D eigenvalue weighted by Crippen LogP contribution is -2.36. The first-order valence-corrected chi connectivity index (χ1v) is 11.1. The zero-order chi connectivity index (χ0) is 22.3. The van der Waals surface area contributed by atoms with Crippen molar-refractivity contribution >= 4 is 34.3 Å². The Bertz CT molecular complexity index is 1120. The van der Waals surface area contributed by atoms with Gasteiger partial charge >= 0.3 is 6.09 Å². The van der Waals surface area contributed by atoms with E-state index in [1.165, 1.54) is 0 Å². The highest BCUT2D eigenvalue weighted by Gasteiger charge is 2.37. The molecule has 2 aromatic carbocycles. The Morgan fingerprint density at radius 3 is 2.58 bits per heavy atom. The zero-order valence-corrected chi connectivity index (χ0v) is 19.5. The maximum absolute atomic E-state index is 13.0. The molecular formula is C25H29ClN2O3. The van der Waals surface area contributed by atoms with Crippen LogP contribution in [0.1, 0.15) is 43.4 Å². The molecule has 0 unspecified atom stereocenters. The van der Waals surface area contributed by atoms with Gasteiger partial charge in [0, 0.05) is 43.0 Å². The minimum absolute atomic E-state index is 0.0379. The molecule has 1 aliphatic rings. The number of alkyl halides is 1. The molecule has 0 radical (unpaired) electrons. The van der Waals surface area contributed by atoms with Crippen LogP contribution in [0.15, 0.2) is 42.6 Å². The minimum atomic E-state index is -0.574. The summed E-state index contributed by atoms with van der Waals surface area (Å²) in [7, 11) is 2.02. The number of carbonyl (C=O) groups is 1. The molecule has 1 amide bonds. The Hall–Kier alpha value is -2.66. The molecule has 6 heteroatoms. The van der Waals surface area contributed by atoms with E-state index in [1.807, 2.05) is 64.2 Å². The predicted octanol–water partition coefficient (Wildman–Crippen LogP) is 6.14. The van der Waals surface area contributed by atoms with Crippen LogP contribution in [0.3, 0.4) is 0 Å². The summed E-state index contributed by atoms with van der Waals surface area (Å²) < 4.78 is 14.1. The SMILES string of the molecule is Cc1cn(C)c2c(OCc3ccccc3)cc3c(c12)[C@H](CCl)CN3C(=O)OC(C)(C)C. The lowest BCUT2D eigenvalue weighted by atomic mass is 9.96. The summed E-state index contributed by atoms with van der Waals surface area (Å²) in [5, 5.41) is 1.11. The molecular weight excluding hydrogens is 412 g/mol. The van der Waals surface area contributed by atoms with Crippen molar-refractivity contribution in [2.24, 2.45) is 7.05 Å². The van der Waals surface area contributed by atoms with E-state index in [4.69, 9.17) is 21.1 Å². The molecule has 4 rings (SSSR count). The molecule has 0 N–H and O–H groups in total. The number of rotatable bonds is 4. The molecule has 164 valence electrons. The Morgan fingerprint density at radius 1 is 1.23 bits per heavy atom. The second-order valence-corrected chi connectivity index (χ2v) is 9.48. The Kier molecular flexibility index (Phi) is 5.65. The van der Waals surface area contributed by atoms with Gasteiger partial charge in [-0.2, -0.15) is 0 Å². The number of ether oxygens (including phenoxy) is 2. The van der Waals surface area contributed by atoms with E-state index in [9.17, 15) is 4.79 Å². The van der Waals surface area contributed by atoms with Gasteiger partial charge in [-0.1, -0.05) is 30.3 Å². The lowest BCUT2D eigenvalue weighted by molar-refractivity contribution is 0.0582. The number of aryl methyl sites for hydroxylation is 2. The van der Waals surface area contributed by atoms with Gasteiger partial charge in [-0.05, 0) is 44.4 Å². The summed E-state index contributed by atoms with van der Waals surface area (Å²) >= 11 is 6.36. The van der Waals surface area contributed by atoms with E-state index in [0.29, 0.717) is 19.0 Å². The smallest absolute Gasteiger partial charge is 0.414 e. The molecule has 1 aliphatic heterocycles. The predicted molar refractivity (Wildman–Crippen MR) is 125 cm³/mol. The molecule has 5 nitrogen and oxygen atoms in total. The quantitative estimate of drug-likeness (QED) is 0.457. The molecule has 2 heterocycles. The van der Waals surface area contributed by atoms with Crippen LogP contribution in [0.4, 0.5) is 10.5 Å². The van der Waals surface area contributed by atoms with Gasteiger partial charge in [0.05, 0.1) is 11.2 Å². The van der Waals surface area contributed by atoms with Crippen LogP contribution in [-0.2, 0) is 18.4 Å². The Morgan fingerprint density at radius 2 is 1.94 bits per heavy atom. The average Bonchev–Trinajstić information content (AvgIpc) is 3.22. The molecule has 0 spiro atoms. The maximum atomic E-state index is 13.0. The fourth-order valence-electron chi connectivity index (χ4n) is 4.33. The van der Waals surface area contributed by atoms with Gasteiger partial charge in [-0.15, -0.1) is 11.6 Å². The summed E-state index contributed by atoms with van der Waals surface area (Å²) in [5.74, 6) is 1.22. The lowest BCUT2D eigenvalue weighted by Gasteiger charge is -2.25. The van der Waals surface area contributed by atoms with Gasteiger partial charge < -0.3 is 14.0 Å². The standard InChI is InChI=1S/C25H29ClN2O3/c1-16-13-27(5)23-20(30-15-17-9-7-6-8-10-17)11-19-22(21(16)23)18(12-26)14-28(19)24(29)31-25(2,3)4/h6-11,13,18H,12,14-15H2,1-5H3/t18-/m1/s1. The zero-order valence-electron chi connectivity index (χ0n) is 18.7. The first-order valence-electron chi connectivity index (χ1n) is 10.6. The third-order valence-corrected chi connectivity index (χ3v) is 5.93. The normalized spacial score (nSPS) is 15.9. The monoisotopic (exact) mass is 440 g/mol. The minimum Gasteiger partial charge on any atom is -0.487 e. The first kappa shape index (κ1) is 21.6. The van der Waals surface area contributed by atoms with E-state index in [-0.39, 0.29) is 12.0 Å². The van der Waals surface area contributed by atoms with Gasteiger partial charge in [0.25, 0.3) is 0 Å². The summed E-state index contributed by atoms with van der Waals surface area (Å²) in [4.78, 5) is 14.7. The van der Waals surface area contributed by atoms with Gasteiger partial charge in [0.1, 0.15) is 18.0 Å². The van der Waals surface area contributed by atoms with Crippen molar-refractivity contribution in [2.45, 2.75) is 45.8 Å². The fraction of sp³-hybridized carbons (Fsp3) is 0.400. The van der Waals surface area contributed by atoms with Gasteiger partial charge in [-0.3, -0.25) is 4.90 Å². The van der Waals surface area contributed by atoms with E-state index in [0.717, 1.165) is 39.0 Å². The van der Waals surface area contributed by atoms with Gasteiger partial charge in [0.2, 0.25) is 0 Å². The third kappa shape index (κ3) is 4.11. The summed E-state index contributed by atoms with van der Waals surface area (Å²) in [5.41, 5.74) is 4.60. The number of hydrogen-bond donors (Lipinski definition) is 0. The largest absolute Gasteiger partial charge is 0.487 e. The highest BCUT2D eigenvalue weighted by Crippen LogP contribution is 2.47. The van der Waals surface area contributed by atoms with Crippen LogP contribution >= 0.6 is 11.6 Å². The van der Waals surface area contributed by atoms with E-state index < -0.39 is 5.60 Å². The van der Waals surface area contributed by atoms with Gasteiger partial charge in [-0.25, -0.2) is 4.79 Å². The van der Waals surface area contributed by atoms with Crippen LogP contribution in [0.2, 0.25) is 0 Å². The molecule has 1 aromatic heterocycles. The van der Waals surface area contributed by atoms with Crippen molar-refractivity contribution in [3.05, 3.63) is 59.3 Å². The number of anilines is 1. The topological polar surface area (TPSA) is 43.7 Å². The van der Waals surface area contributed by atoms with E-state index in [1.54, 1.807) is 4.90 Å². The molecule has 0 fully saturated rings. The fourth-order valence-corrected chi connectivity index (χ4v) is 4.58. The summed E-state index contributed by atoms with van der Waals surface area (Å²) in [6, 6.07) is 12.0. The summed E-state index contributed by atoms with van der Waals surface area (Å²) in [6.45, 7) is 8.66. The van der Waals surface area contributed by atoms with Crippen LogP contribution in [0.25, 0.3) is 10.9 Å². The highest BCUT2D eigenvalue weighted by atomic mass is 35.5. The van der Waals surface area contributed by atoms with Crippen LogP contribution in [-0.4, -0.2) is 28.7 Å². The first-order chi connectivity index (χ1) is 14.7. The number of carbonyl (C=O) groups excluding carboxylic acids is 1. The Balaban J connectivity index is 1.82. The van der Waals surface area contributed by atoms with Gasteiger partial charge in [0.15, 0.2) is 0 Å². The van der Waals surface area contributed by atoms with Crippen molar-refractivity contribution in [2.75, 3.05) is 17.3 Å². The Labute approximate surface area is 188 Å². The number of fused-ring (bicyclic) bond motifs is 3. The van der Waals surface area contributed by atoms with Crippen molar-refractivity contribution in [1.29, 1.82) is 0 Å². The van der Waals surface area contributed by atoms with Crippen LogP contribution in [0.5, 0.6) is 5.75 Å². The molecule has 31 heavy (non-hydrogen) atoms.